The Morgan fingerprint density at radius 1 is 1.12 bits per heavy atom. The van der Waals surface area contributed by atoms with E-state index < -0.39 is 0 Å². The number of nitrogens with one attached hydrogen (secondary N) is 2. The molecule has 0 bridgehead atoms. The second-order valence-electron chi connectivity index (χ2n) is 8.69. The maximum atomic E-state index is 12.2. The van der Waals surface area contributed by atoms with Gasteiger partial charge in [0.1, 0.15) is 0 Å². The second kappa shape index (κ2) is 12.0. The number of carbonyl (C=O) groups excluding carboxylic acids is 1. The molecule has 1 amide bonds. The van der Waals surface area contributed by atoms with Gasteiger partial charge in [0.05, 0.1) is 24.5 Å². The molecule has 1 aliphatic rings. The third-order valence-electron chi connectivity index (χ3n) is 5.96. The summed E-state index contributed by atoms with van der Waals surface area (Å²) in [5.41, 5.74) is 5.84. The van der Waals surface area contributed by atoms with Crippen LogP contribution in [0.5, 0.6) is 0 Å². The Bertz CT molecular complexity index is 1140. The molecule has 7 nitrogen and oxygen atoms in total. The first-order valence-corrected chi connectivity index (χ1v) is 11.4. The van der Waals surface area contributed by atoms with Crippen molar-refractivity contribution in [3.05, 3.63) is 83.2 Å². The number of likely N-dealkylation sites (N-methyl/N-ethyl adjacent to an activating group) is 1. The molecule has 8 heteroatoms. The van der Waals surface area contributed by atoms with Crippen molar-refractivity contribution >= 4 is 35.8 Å². The van der Waals surface area contributed by atoms with Crippen LogP contribution in [0.3, 0.4) is 0 Å². The number of amides is 1. The Morgan fingerprint density at radius 2 is 1.85 bits per heavy atom. The molecule has 0 spiro atoms. The van der Waals surface area contributed by atoms with Gasteiger partial charge in [0.2, 0.25) is 5.91 Å². The normalized spacial score (nSPS) is 15.1. The minimum absolute atomic E-state index is 0. The van der Waals surface area contributed by atoms with Crippen molar-refractivity contribution in [3.63, 3.8) is 0 Å². The maximum absolute atomic E-state index is 12.2. The summed E-state index contributed by atoms with van der Waals surface area (Å²) in [5, 5.41) is 11.4. The highest BCUT2D eigenvalue weighted by atomic mass is 127. The van der Waals surface area contributed by atoms with E-state index in [0.717, 1.165) is 36.2 Å². The van der Waals surface area contributed by atoms with Crippen molar-refractivity contribution in [3.8, 4) is 5.69 Å². The van der Waals surface area contributed by atoms with Gasteiger partial charge in [-0.05, 0) is 55.0 Å². The van der Waals surface area contributed by atoms with Gasteiger partial charge in [-0.3, -0.25) is 4.79 Å². The van der Waals surface area contributed by atoms with Crippen LogP contribution < -0.4 is 10.6 Å². The molecular formula is C26H33IN6O. The van der Waals surface area contributed by atoms with Crippen LogP contribution in [0.25, 0.3) is 5.69 Å². The van der Waals surface area contributed by atoms with Gasteiger partial charge >= 0.3 is 0 Å². The number of rotatable bonds is 6. The summed E-state index contributed by atoms with van der Waals surface area (Å²) in [6.45, 7) is 2.65. The minimum atomic E-state index is 0. The number of aryl methyl sites for hydroxylation is 2. The Labute approximate surface area is 218 Å². The van der Waals surface area contributed by atoms with Crippen molar-refractivity contribution in [1.82, 2.24) is 25.3 Å². The number of para-hydroxylation sites is 1. The van der Waals surface area contributed by atoms with Crippen molar-refractivity contribution in [2.75, 3.05) is 20.6 Å². The summed E-state index contributed by atoms with van der Waals surface area (Å²) in [7, 11) is 3.52. The van der Waals surface area contributed by atoms with Crippen LogP contribution >= 0.6 is 24.0 Å². The number of hydrogen-bond donors (Lipinski definition) is 2. The molecule has 2 N–H and O–H groups in total. The molecule has 0 radical (unpaired) electrons. The van der Waals surface area contributed by atoms with E-state index in [1.54, 1.807) is 19.0 Å². The molecular weight excluding hydrogens is 539 g/mol. The molecule has 0 saturated heterocycles. The van der Waals surface area contributed by atoms with Crippen LogP contribution in [0.2, 0.25) is 0 Å². The van der Waals surface area contributed by atoms with Gasteiger partial charge in [0, 0.05) is 26.3 Å². The number of aromatic nitrogens is 2. The molecule has 4 rings (SSSR count). The molecule has 3 aromatic rings. The van der Waals surface area contributed by atoms with Gasteiger partial charge in [-0.2, -0.15) is 5.10 Å². The van der Waals surface area contributed by atoms with Crippen LogP contribution in [-0.2, 0) is 24.2 Å². The molecule has 34 heavy (non-hydrogen) atoms. The van der Waals surface area contributed by atoms with Crippen LogP contribution in [0.4, 0.5) is 0 Å². The number of nitrogens with zero attached hydrogens (tertiary/aromatic N) is 4. The number of benzene rings is 2. The van der Waals surface area contributed by atoms with E-state index in [2.05, 4.69) is 46.1 Å². The average molecular weight is 572 g/mol. The lowest BCUT2D eigenvalue weighted by Crippen LogP contribution is -2.48. The van der Waals surface area contributed by atoms with Crippen molar-refractivity contribution in [2.45, 2.75) is 38.8 Å². The Balaban J connectivity index is 0.00000324. The topological polar surface area (TPSA) is 74.6 Å². The summed E-state index contributed by atoms with van der Waals surface area (Å²) >= 11 is 0. The molecule has 2 aromatic carbocycles. The second-order valence-corrected chi connectivity index (χ2v) is 8.69. The van der Waals surface area contributed by atoms with Gasteiger partial charge in [0.25, 0.3) is 0 Å². The number of guanidine groups is 1. The number of fused-ring (bicyclic) bond motifs is 1. The molecule has 1 atom stereocenters. The lowest BCUT2D eigenvalue weighted by Gasteiger charge is -2.27. The van der Waals surface area contributed by atoms with E-state index in [1.807, 2.05) is 42.1 Å². The first kappa shape index (κ1) is 25.7. The van der Waals surface area contributed by atoms with Crippen LogP contribution in [-0.4, -0.2) is 53.2 Å². The molecule has 1 aliphatic carbocycles. The third-order valence-corrected chi connectivity index (χ3v) is 5.96. The predicted molar refractivity (Wildman–Crippen MR) is 147 cm³/mol. The Hall–Kier alpha value is -2.88. The van der Waals surface area contributed by atoms with E-state index in [1.165, 1.54) is 11.1 Å². The van der Waals surface area contributed by atoms with Crippen LogP contribution in [0, 0.1) is 6.92 Å². The zero-order chi connectivity index (χ0) is 23.2. The van der Waals surface area contributed by atoms with E-state index >= 15 is 0 Å². The molecule has 1 aromatic heterocycles. The fraction of sp³-hybridized carbons (Fsp3) is 0.346. The molecule has 1 heterocycles. The largest absolute Gasteiger partial charge is 0.353 e. The summed E-state index contributed by atoms with van der Waals surface area (Å²) in [6, 6.07) is 19.0. The van der Waals surface area contributed by atoms with Crippen molar-refractivity contribution < 1.29 is 4.79 Å². The SMILES string of the molecule is Cc1ccn(-c2ccccc2CN=C(NCC(=O)N(C)C)NC2CCc3ccccc3C2)n1.I. The van der Waals surface area contributed by atoms with Gasteiger partial charge in [-0.15, -0.1) is 24.0 Å². The third kappa shape index (κ3) is 6.59. The monoisotopic (exact) mass is 572 g/mol. The summed E-state index contributed by atoms with van der Waals surface area (Å²) in [4.78, 5) is 18.6. The number of aliphatic imine (C=N–C) groups is 1. The van der Waals surface area contributed by atoms with Crippen molar-refractivity contribution in [2.24, 2.45) is 4.99 Å². The standard InChI is InChI=1S/C26H32N6O.HI/c1-19-14-15-32(30-19)24-11-7-6-10-22(24)17-27-26(28-18-25(33)31(2)3)29-23-13-12-20-8-4-5-9-21(20)16-23;/h4-11,14-15,23H,12-13,16-18H2,1-3H3,(H2,27,28,29);1H. The number of carbonyl (C=O) groups is 1. The Kier molecular flexibility index (Phi) is 9.09. The zero-order valence-electron chi connectivity index (χ0n) is 20.0. The smallest absolute Gasteiger partial charge is 0.241 e. The highest BCUT2D eigenvalue weighted by Crippen LogP contribution is 2.21. The zero-order valence-corrected chi connectivity index (χ0v) is 22.3. The first-order chi connectivity index (χ1) is 16.0. The molecule has 180 valence electrons. The lowest BCUT2D eigenvalue weighted by atomic mass is 9.88. The predicted octanol–water partition coefficient (Wildman–Crippen LogP) is 3.48. The van der Waals surface area contributed by atoms with E-state index in [0.29, 0.717) is 12.5 Å². The fourth-order valence-corrected chi connectivity index (χ4v) is 4.07. The van der Waals surface area contributed by atoms with E-state index in [9.17, 15) is 4.79 Å². The fourth-order valence-electron chi connectivity index (χ4n) is 4.07. The van der Waals surface area contributed by atoms with Gasteiger partial charge in [-0.25, -0.2) is 9.67 Å². The quantitative estimate of drug-likeness (QED) is 0.270. The van der Waals surface area contributed by atoms with Crippen LogP contribution in [0.15, 0.2) is 65.8 Å². The minimum Gasteiger partial charge on any atom is -0.353 e. The highest BCUT2D eigenvalue weighted by Gasteiger charge is 2.19. The van der Waals surface area contributed by atoms with E-state index in [-0.39, 0.29) is 42.5 Å². The van der Waals surface area contributed by atoms with Gasteiger partial charge in [0.15, 0.2) is 5.96 Å². The summed E-state index contributed by atoms with van der Waals surface area (Å²) in [6.07, 6.45) is 4.98. The first-order valence-electron chi connectivity index (χ1n) is 11.4. The summed E-state index contributed by atoms with van der Waals surface area (Å²) in [5.74, 6) is 0.659. The molecule has 0 saturated carbocycles. The van der Waals surface area contributed by atoms with Gasteiger partial charge < -0.3 is 15.5 Å². The van der Waals surface area contributed by atoms with Gasteiger partial charge in [-0.1, -0.05) is 42.5 Å². The maximum Gasteiger partial charge on any atom is 0.241 e. The number of hydrogen-bond acceptors (Lipinski definition) is 3. The Morgan fingerprint density at radius 3 is 2.59 bits per heavy atom. The average Bonchev–Trinajstić information content (AvgIpc) is 3.26. The van der Waals surface area contributed by atoms with E-state index in [4.69, 9.17) is 4.99 Å². The highest BCUT2D eigenvalue weighted by molar-refractivity contribution is 14.0. The van der Waals surface area contributed by atoms with Crippen LogP contribution in [0.1, 0.15) is 28.8 Å². The summed E-state index contributed by atoms with van der Waals surface area (Å²) < 4.78 is 1.88. The molecule has 1 unspecified atom stereocenters. The van der Waals surface area contributed by atoms with Crippen molar-refractivity contribution in [1.29, 1.82) is 0 Å². The lowest BCUT2D eigenvalue weighted by molar-refractivity contribution is -0.127. The molecule has 0 aliphatic heterocycles. The number of halogens is 1. The molecule has 0 fully saturated rings.